The number of esters is 1. The fraction of sp³-hybridized carbons (Fsp3) is 0.167. The fourth-order valence-corrected chi connectivity index (χ4v) is 2.18. The topological polar surface area (TPSA) is 39.2 Å². The number of hydrogen-bond acceptors (Lipinski definition) is 4. The Morgan fingerprint density at radius 2 is 2.24 bits per heavy atom. The van der Waals surface area contributed by atoms with Crippen molar-refractivity contribution in [3.63, 3.8) is 0 Å². The predicted octanol–water partition coefficient (Wildman–Crippen LogP) is 3.13. The first-order valence-electron chi connectivity index (χ1n) is 5.10. The Balaban J connectivity index is 2.30. The van der Waals surface area contributed by atoms with Crippen LogP contribution in [-0.4, -0.2) is 17.6 Å². The van der Waals surface area contributed by atoms with E-state index in [1.54, 1.807) is 25.1 Å². The monoisotopic (exact) mass is 251 g/mol. The van der Waals surface area contributed by atoms with Crippen LogP contribution in [0.2, 0.25) is 0 Å². The maximum atomic E-state index is 13.5. The molecule has 2 rings (SSSR count). The van der Waals surface area contributed by atoms with Crippen LogP contribution < -0.4 is 0 Å². The van der Waals surface area contributed by atoms with Crippen molar-refractivity contribution in [3.8, 4) is 10.4 Å². The summed E-state index contributed by atoms with van der Waals surface area (Å²) in [5.41, 5.74) is 0.445. The quantitative estimate of drug-likeness (QED) is 0.787. The highest BCUT2D eigenvalue weighted by Gasteiger charge is 2.14. The number of aromatic nitrogens is 1. The second-order valence-corrected chi connectivity index (χ2v) is 4.26. The van der Waals surface area contributed by atoms with E-state index in [2.05, 4.69) is 4.98 Å². The first-order valence-corrected chi connectivity index (χ1v) is 5.92. The summed E-state index contributed by atoms with van der Waals surface area (Å²) in [6.45, 7) is 2.02. The first-order chi connectivity index (χ1) is 8.22. The minimum Gasteiger partial charge on any atom is -0.461 e. The molecule has 0 aliphatic rings. The lowest BCUT2D eigenvalue weighted by molar-refractivity contribution is 0.0526. The number of nitrogens with zero attached hydrogens (tertiary/aromatic N) is 1. The molecule has 0 bridgehead atoms. The van der Waals surface area contributed by atoms with Gasteiger partial charge in [0.2, 0.25) is 5.01 Å². The third-order valence-corrected chi connectivity index (χ3v) is 3.11. The lowest BCUT2D eigenvalue weighted by Crippen LogP contribution is -2.03. The van der Waals surface area contributed by atoms with Gasteiger partial charge in [0, 0.05) is 11.8 Å². The average Bonchev–Trinajstić information content (AvgIpc) is 2.79. The van der Waals surface area contributed by atoms with Gasteiger partial charge in [0.1, 0.15) is 5.82 Å². The molecule has 0 unspecified atom stereocenters. The van der Waals surface area contributed by atoms with Crippen molar-refractivity contribution in [1.29, 1.82) is 0 Å². The molecule has 0 aliphatic heterocycles. The largest absolute Gasteiger partial charge is 0.461 e. The number of benzene rings is 1. The zero-order valence-electron chi connectivity index (χ0n) is 9.14. The lowest BCUT2D eigenvalue weighted by Gasteiger charge is -1.97. The molecule has 1 aromatic heterocycles. The maximum absolute atomic E-state index is 13.5. The smallest absolute Gasteiger partial charge is 0.367 e. The Morgan fingerprint density at radius 1 is 1.47 bits per heavy atom. The molecule has 2 aromatic rings. The molecule has 1 heterocycles. The molecule has 17 heavy (non-hydrogen) atoms. The summed E-state index contributed by atoms with van der Waals surface area (Å²) in [7, 11) is 0. The SMILES string of the molecule is CCOC(=O)c1ncc(-c2ccccc2F)s1. The van der Waals surface area contributed by atoms with E-state index in [1.165, 1.54) is 12.3 Å². The molecule has 0 amide bonds. The number of thiazole rings is 1. The standard InChI is InChI=1S/C12H10FNO2S/c1-2-16-12(15)11-14-7-10(17-11)8-5-3-4-6-9(8)13/h3-7H,2H2,1H3. The van der Waals surface area contributed by atoms with Crippen LogP contribution in [0.4, 0.5) is 4.39 Å². The van der Waals surface area contributed by atoms with Crippen LogP contribution in [0, 0.1) is 5.82 Å². The highest BCUT2D eigenvalue weighted by Crippen LogP contribution is 2.28. The van der Waals surface area contributed by atoms with E-state index in [4.69, 9.17) is 4.74 Å². The molecule has 0 atom stereocenters. The van der Waals surface area contributed by atoms with Gasteiger partial charge in [-0.25, -0.2) is 14.2 Å². The molecule has 0 saturated carbocycles. The number of halogens is 1. The van der Waals surface area contributed by atoms with Gasteiger partial charge < -0.3 is 4.74 Å². The summed E-state index contributed by atoms with van der Waals surface area (Å²) in [5, 5.41) is 0.241. The van der Waals surface area contributed by atoms with Crippen molar-refractivity contribution in [3.05, 3.63) is 41.3 Å². The van der Waals surface area contributed by atoms with E-state index >= 15 is 0 Å². The van der Waals surface area contributed by atoms with E-state index < -0.39 is 5.97 Å². The third-order valence-electron chi connectivity index (χ3n) is 2.10. The Kier molecular flexibility index (Phi) is 3.49. The lowest BCUT2D eigenvalue weighted by atomic mass is 10.2. The Bertz CT molecular complexity index is 539. The molecule has 3 nitrogen and oxygen atoms in total. The molecule has 0 fully saturated rings. The number of ether oxygens (including phenoxy) is 1. The third kappa shape index (κ3) is 2.50. The molecule has 0 aliphatic carbocycles. The number of hydrogen-bond donors (Lipinski definition) is 0. The van der Waals surface area contributed by atoms with E-state index in [0.29, 0.717) is 17.0 Å². The molecule has 0 radical (unpaired) electrons. The van der Waals surface area contributed by atoms with Crippen molar-refractivity contribution < 1.29 is 13.9 Å². The van der Waals surface area contributed by atoms with Gasteiger partial charge >= 0.3 is 5.97 Å². The second-order valence-electron chi connectivity index (χ2n) is 3.23. The van der Waals surface area contributed by atoms with E-state index in [9.17, 15) is 9.18 Å². The normalized spacial score (nSPS) is 10.2. The van der Waals surface area contributed by atoms with Crippen LogP contribution in [0.25, 0.3) is 10.4 Å². The van der Waals surface area contributed by atoms with Crippen LogP contribution in [-0.2, 0) is 4.74 Å². The van der Waals surface area contributed by atoms with Gasteiger partial charge in [-0.2, -0.15) is 0 Å². The van der Waals surface area contributed by atoms with Gasteiger partial charge in [0.05, 0.1) is 11.5 Å². The number of rotatable bonds is 3. The van der Waals surface area contributed by atoms with E-state index in [0.717, 1.165) is 11.3 Å². The zero-order chi connectivity index (χ0) is 12.3. The maximum Gasteiger partial charge on any atom is 0.367 e. The number of carbonyl (C=O) groups excluding carboxylic acids is 1. The van der Waals surface area contributed by atoms with Crippen LogP contribution >= 0.6 is 11.3 Å². The van der Waals surface area contributed by atoms with Gasteiger partial charge in [0.15, 0.2) is 0 Å². The van der Waals surface area contributed by atoms with Gasteiger partial charge in [-0.15, -0.1) is 11.3 Å². The van der Waals surface area contributed by atoms with Crippen molar-refractivity contribution in [1.82, 2.24) is 4.98 Å². The summed E-state index contributed by atoms with van der Waals surface area (Å²) < 4.78 is 18.3. The van der Waals surface area contributed by atoms with Crippen LogP contribution in [0.1, 0.15) is 16.7 Å². The minimum atomic E-state index is -0.472. The van der Waals surface area contributed by atoms with E-state index in [1.807, 2.05) is 0 Å². The second kappa shape index (κ2) is 5.05. The Labute approximate surface area is 102 Å². The van der Waals surface area contributed by atoms with Crippen molar-refractivity contribution >= 4 is 17.3 Å². The molecular formula is C12H10FNO2S. The number of carbonyl (C=O) groups is 1. The summed E-state index contributed by atoms with van der Waals surface area (Å²) in [6, 6.07) is 6.38. The van der Waals surface area contributed by atoms with Crippen molar-refractivity contribution in [2.45, 2.75) is 6.92 Å². The summed E-state index contributed by atoms with van der Waals surface area (Å²) >= 11 is 1.12. The highest BCUT2D eigenvalue weighted by atomic mass is 32.1. The first kappa shape index (κ1) is 11.7. The average molecular weight is 251 g/mol. The summed E-state index contributed by atoms with van der Waals surface area (Å²) in [5.74, 6) is -0.799. The van der Waals surface area contributed by atoms with Gasteiger partial charge in [-0.3, -0.25) is 0 Å². The van der Waals surface area contributed by atoms with E-state index in [-0.39, 0.29) is 10.8 Å². The molecule has 0 saturated heterocycles. The zero-order valence-corrected chi connectivity index (χ0v) is 9.96. The fourth-order valence-electron chi connectivity index (χ4n) is 1.35. The van der Waals surface area contributed by atoms with Crippen LogP contribution in [0.15, 0.2) is 30.5 Å². The Hall–Kier alpha value is -1.75. The van der Waals surface area contributed by atoms with Crippen molar-refractivity contribution in [2.75, 3.05) is 6.61 Å². The minimum absolute atomic E-state index is 0.241. The molecular weight excluding hydrogens is 241 g/mol. The Morgan fingerprint density at radius 3 is 2.94 bits per heavy atom. The molecule has 5 heteroatoms. The molecule has 88 valence electrons. The van der Waals surface area contributed by atoms with Crippen LogP contribution in [0.5, 0.6) is 0 Å². The molecule has 0 spiro atoms. The predicted molar refractivity (Wildman–Crippen MR) is 63.5 cm³/mol. The molecule has 1 aromatic carbocycles. The van der Waals surface area contributed by atoms with Crippen molar-refractivity contribution in [2.24, 2.45) is 0 Å². The summed E-state index contributed by atoms with van der Waals surface area (Å²) in [4.78, 5) is 16.0. The molecule has 0 N–H and O–H groups in total. The van der Waals surface area contributed by atoms with Crippen LogP contribution in [0.3, 0.4) is 0 Å². The van der Waals surface area contributed by atoms with Gasteiger partial charge in [0.25, 0.3) is 0 Å². The highest BCUT2D eigenvalue weighted by molar-refractivity contribution is 7.16. The van der Waals surface area contributed by atoms with Gasteiger partial charge in [-0.1, -0.05) is 18.2 Å². The van der Waals surface area contributed by atoms with Gasteiger partial charge in [-0.05, 0) is 13.0 Å². The summed E-state index contributed by atoms with van der Waals surface area (Å²) in [6.07, 6.45) is 1.48.